The van der Waals surface area contributed by atoms with Gasteiger partial charge in [-0.1, -0.05) is 25.1 Å². The van der Waals surface area contributed by atoms with Gasteiger partial charge in [0.15, 0.2) is 0 Å². The van der Waals surface area contributed by atoms with E-state index >= 15 is 0 Å². The summed E-state index contributed by atoms with van der Waals surface area (Å²) in [5, 5.41) is 8.90. The van der Waals surface area contributed by atoms with Crippen molar-refractivity contribution in [1.29, 1.82) is 0 Å². The molecule has 2 aromatic carbocycles. The Morgan fingerprint density at radius 1 is 1.05 bits per heavy atom. The Bertz CT molecular complexity index is 706. The van der Waals surface area contributed by atoms with E-state index in [1.807, 2.05) is 24.3 Å². The molecule has 1 N–H and O–H groups in total. The zero-order chi connectivity index (χ0) is 15.0. The smallest absolute Gasteiger partial charge is 0.335 e. The molecule has 1 aliphatic rings. The third kappa shape index (κ3) is 2.29. The maximum Gasteiger partial charge on any atom is 0.335 e. The van der Waals surface area contributed by atoms with Gasteiger partial charge < -0.3 is 10.0 Å². The molecule has 0 aromatic heterocycles. The fourth-order valence-electron chi connectivity index (χ4n) is 2.72. The molecular weight excluding hydrogens is 266 g/mol. The van der Waals surface area contributed by atoms with E-state index in [2.05, 4.69) is 6.92 Å². The van der Waals surface area contributed by atoms with Crippen LogP contribution in [0.5, 0.6) is 0 Å². The molecule has 1 heterocycles. The molecule has 1 aliphatic heterocycles. The quantitative estimate of drug-likeness (QED) is 0.920. The lowest BCUT2D eigenvalue weighted by Crippen LogP contribution is -2.29. The number of nitrogens with zero attached hydrogens (tertiary/aromatic N) is 1. The normalized spacial score (nSPS) is 16.6. The highest BCUT2D eigenvalue weighted by Crippen LogP contribution is 2.36. The highest BCUT2D eigenvalue weighted by atomic mass is 16.4. The van der Waals surface area contributed by atoms with Crippen LogP contribution in [0.1, 0.15) is 39.1 Å². The largest absolute Gasteiger partial charge is 0.478 e. The number of rotatable bonds is 2. The van der Waals surface area contributed by atoms with Gasteiger partial charge in [0.05, 0.1) is 5.56 Å². The fourth-order valence-corrected chi connectivity index (χ4v) is 2.72. The van der Waals surface area contributed by atoms with Crippen LogP contribution in [-0.4, -0.2) is 23.5 Å². The first-order valence-corrected chi connectivity index (χ1v) is 6.82. The van der Waals surface area contributed by atoms with E-state index in [1.54, 1.807) is 17.0 Å². The molecule has 0 saturated heterocycles. The minimum atomic E-state index is -0.992. The Labute approximate surface area is 122 Å². The van der Waals surface area contributed by atoms with Crippen LogP contribution in [0, 0.1) is 0 Å². The number of anilines is 1. The number of carbonyl (C=O) groups is 2. The number of benzene rings is 2. The number of carboxylic acids is 1. The van der Waals surface area contributed by atoms with Gasteiger partial charge in [-0.2, -0.15) is 0 Å². The summed E-state index contributed by atoms with van der Waals surface area (Å²) in [6, 6.07) is 13.9. The molecule has 0 saturated carbocycles. The SMILES string of the molecule is CC1CN(C(=O)c2ccc(C(=O)O)cc2)c2ccccc21. The second kappa shape index (κ2) is 5.05. The molecule has 4 nitrogen and oxygen atoms in total. The lowest BCUT2D eigenvalue weighted by Gasteiger charge is -2.17. The first-order valence-electron chi connectivity index (χ1n) is 6.82. The van der Waals surface area contributed by atoms with Gasteiger partial charge in [0, 0.05) is 23.7 Å². The molecule has 4 heteroatoms. The number of hydrogen-bond donors (Lipinski definition) is 1. The number of carboxylic acid groups (broad SMARTS) is 1. The second-order valence-electron chi connectivity index (χ2n) is 5.26. The number of carbonyl (C=O) groups excluding carboxylic acids is 1. The molecule has 1 atom stereocenters. The first kappa shape index (κ1) is 13.4. The van der Waals surface area contributed by atoms with Gasteiger partial charge in [0.2, 0.25) is 0 Å². The lowest BCUT2D eigenvalue weighted by atomic mass is 10.0. The Balaban J connectivity index is 1.91. The van der Waals surface area contributed by atoms with Crippen LogP contribution in [0.2, 0.25) is 0 Å². The third-order valence-corrected chi connectivity index (χ3v) is 3.84. The molecule has 0 spiro atoms. The predicted molar refractivity (Wildman–Crippen MR) is 79.9 cm³/mol. The molecular formula is C17H15NO3. The summed E-state index contributed by atoms with van der Waals surface area (Å²) in [5.74, 6) is -0.777. The Morgan fingerprint density at radius 2 is 1.67 bits per heavy atom. The Kier molecular flexibility index (Phi) is 3.22. The predicted octanol–water partition coefficient (Wildman–Crippen LogP) is 3.15. The van der Waals surface area contributed by atoms with Gasteiger partial charge >= 0.3 is 5.97 Å². The third-order valence-electron chi connectivity index (χ3n) is 3.84. The minimum Gasteiger partial charge on any atom is -0.478 e. The summed E-state index contributed by atoms with van der Waals surface area (Å²) < 4.78 is 0. The van der Waals surface area contributed by atoms with E-state index < -0.39 is 5.97 Å². The summed E-state index contributed by atoms with van der Waals surface area (Å²) in [6.45, 7) is 2.75. The average Bonchev–Trinajstić information content (AvgIpc) is 2.84. The van der Waals surface area contributed by atoms with Gasteiger partial charge in [0.25, 0.3) is 5.91 Å². The highest BCUT2D eigenvalue weighted by molar-refractivity contribution is 6.07. The van der Waals surface area contributed by atoms with Crippen LogP contribution < -0.4 is 4.90 Å². The Morgan fingerprint density at radius 3 is 2.33 bits per heavy atom. The fraction of sp³-hybridized carbons (Fsp3) is 0.176. The number of fused-ring (bicyclic) bond motifs is 1. The van der Waals surface area contributed by atoms with Crippen LogP contribution >= 0.6 is 0 Å². The van der Waals surface area contributed by atoms with E-state index in [4.69, 9.17) is 5.11 Å². The average molecular weight is 281 g/mol. The molecule has 106 valence electrons. The van der Waals surface area contributed by atoms with Crippen LogP contribution in [0.15, 0.2) is 48.5 Å². The van der Waals surface area contributed by atoms with E-state index in [-0.39, 0.29) is 11.5 Å². The molecule has 0 radical (unpaired) electrons. The summed E-state index contributed by atoms with van der Waals surface area (Å²) in [5.41, 5.74) is 2.80. The van der Waals surface area contributed by atoms with Gasteiger partial charge in [-0.25, -0.2) is 4.79 Å². The van der Waals surface area contributed by atoms with Gasteiger partial charge in [-0.3, -0.25) is 4.79 Å². The maximum atomic E-state index is 12.6. The summed E-state index contributed by atoms with van der Waals surface area (Å²) >= 11 is 0. The molecule has 1 unspecified atom stereocenters. The van der Waals surface area contributed by atoms with Crippen molar-refractivity contribution in [2.24, 2.45) is 0 Å². The lowest BCUT2D eigenvalue weighted by molar-refractivity contribution is 0.0696. The standard InChI is InChI=1S/C17H15NO3/c1-11-10-18(15-5-3-2-4-14(11)15)16(19)12-6-8-13(9-7-12)17(20)21/h2-9,11H,10H2,1H3,(H,20,21). The second-order valence-corrected chi connectivity index (χ2v) is 5.26. The van der Waals surface area contributed by atoms with Crippen LogP contribution in [0.4, 0.5) is 5.69 Å². The monoisotopic (exact) mass is 281 g/mol. The van der Waals surface area contributed by atoms with Crippen molar-refractivity contribution < 1.29 is 14.7 Å². The summed E-state index contributed by atoms with van der Waals surface area (Å²) in [6.07, 6.45) is 0. The Hall–Kier alpha value is -2.62. The van der Waals surface area contributed by atoms with Crippen molar-refractivity contribution in [3.05, 3.63) is 65.2 Å². The molecule has 2 aromatic rings. The topological polar surface area (TPSA) is 57.6 Å². The van der Waals surface area contributed by atoms with E-state index in [0.29, 0.717) is 18.0 Å². The molecule has 21 heavy (non-hydrogen) atoms. The molecule has 0 aliphatic carbocycles. The van der Waals surface area contributed by atoms with Crippen LogP contribution in [-0.2, 0) is 0 Å². The van der Waals surface area contributed by atoms with Crippen molar-refractivity contribution in [3.63, 3.8) is 0 Å². The van der Waals surface area contributed by atoms with Gasteiger partial charge in [0.1, 0.15) is 0 Å². The molecule has 0 fully saturated rings. The van der Waals surface area contributed by atoms with Crippen LogP contribution in [0.25, 0.3) is 0 Å². The van der Waals surface area contributed by atoms with Crippen molar-refractivity contribution in [2.45, 2.75) is 12.8 Å². The number of amides is 1. The van der Waals surface area contributed by atoms with Crippen LogP contribution in [0.3, 0.4) is 0 Å². The van der Waals surface area contributed by atoms with Crippen molar-refractivity contribution in [3.8, 4) is 0 Å². The molecule has 0 bridgehead atoms. The zero-order valence-electron chi connectivity index (χ0n) is 11.6. The maximum absolute atomic E-state index is 12.6. The van der Waals surface area contributed by atoms with Crippen molar-refractivity contribution >= 4 is 17.6 Å². The molecule has 3 rings (SSSR count). The summed E-state index contributed by atoms with van der Waals surface area (Å²) in [7, 11) is 0. The van der Waals surface area contributed by atoms with Gasteiger partial charge in [-0.15, -0.1) is 0 Å². The highest BCUT2D eigenvalue weighted by Gasteiger charge is 2.29. The van der Waals surface area contributed by atoms with Crippen molar-refractivity contribution in [1.82, 2.24) is 0 Å². The van der Waals surface area contributed by atoms with Crippen molar-refractivity contribution in [2.75, 3.05) is 11.4 Å². The number of para-hydroxylation sites is 1. The first-order chi connectivity index (χ1) is 10.1. The van der Waals surface area contributed by atoms with Gasteiger partial charge in [-0.05, 0) is 35.9 Å². The van der Waals surface area contributed by atoms with E-state index in [9.17, 15) is 9.59 Å². The number of hydrogen-bond acceptors (Lipinski definition) is 2. The molecule has 1 amide bonds. The zero-order valence-corrected chi connectivity index (χ0v) is 11.6. The minimum absolute atomic E-state index is 0.0938. The van der Waals surface area contributed by atoms with E-state index in [0.717, 1.165) is 5.69 Å². The summed E-state index contributed by atoms with van der Waals surface area (Å²) in [4.78, 5) is 25.2. The number of aromatic carboxylic acids is 1. The van der Waals surface area contributed by atoms with E-state index in [1.165, 1.54) is 17.7 Å².